The second kappa shape index (κ2) is 4.72. The summed E-state index contributed by atoms with van der Waals surface area (Å²) in [7, 11) is 0. The highest BCUT2D eigenvalue weighted by Crippen LogP contribution is 2.23. The van der Waals surface area contributed by atoms with Gasteiger partial charge in [0.2, 0.25) is 6.08 Å². The third-order valence-corrected chi connectivity index (χ3v) is 1.55. The number of benzene rings is 1. The van der Waals surface area contributed by atoms with Gasteiger partial charge in [0.15, 0.2) is 0 Å². The minimum atomic E-state index is -4.70. The Hall–Kier alpha value is -1.65. The zero-order valence-corrected chi connectivity index (χ0v) is 7.41. The first kappa shape index (κ1) is 11.4. The Balaban J connectivity index is 2.80. The molecule has 80 valence electrons. The van der Waals surface area contributed by atoms with E-state index >= 15 is 0 Å². The van der Waals surface area contributed by atoms with E-state index in [1.807, 2.05) is 0 Å². The molecule has 0 aromatic heterocycles. The number of ether oxygens (including phenoxy) is 1. The number of hydrogen-bond donors (Lipinski definition) is 0. The predicted molar refractivity (Wildman–Crippen MR) is 45.1 cm³/mol. The van der Waals surface area contributed by atoms with E-state index in [4.69, 9.17) is 0 Å². The van der Waals surface area contributed by atoms with Gasteiger partial charge < -0.3 is 0 Å². The number of halogens is 3. The van der Waals surface area contributed by atoms with Gasteiger partial charge in [0.25, 0.3) is 0 Å². The molecule has 0 saturated carbocycles. The van der Waals surface area contributed by atoms with Crippen molar-refractivity contribution in [3.63, 3.8) is 0 Å². The SMILES string of the molecule is O=C=Nc1ccccc1COC(F)(F)F. The molecule has 0 aliphatic rings. The number of isocyanates is 1. The van der Waals surface area contributed by atoms with E-state index in [1.54, 1.807) is 6.07 Å². The smallest absolute Gasteiger partial charge is 0.287 e. The van der Waals surface area contributed by atoms with Gasteiger partial charge in [-0.3, -0.25) is 4.74 Å². The first-order valence-electron chi connectivity index (χ1n) is 3.89. The van der Waals surface area contributed by atoms with Crippen LogP contribution in [0.5, 0.6) is 0 Å². The van der Waals surface area contributed by atoms with Crippen molar-refractivity contribution in [2.75, 3.05) is 0 Å². The van der Waals surface area contributed by atoms with Crippen LogP contribution in [0.3, 0.4) is 0 Å². The van der Waals surface area contributed by atoms with Gasteiger partial charge in [-0.1, -0.05) is 18.2 Å². The fourth-order valence-electron chi connectivity index (χ4n) is 0.951. The van der Waals surface area contributed by atoms with E-state index in [2.05, 4.69) is 9.73 Å². The molecule has 0 amide bonds. The Bertz CT molecular complexity index is 383. The lowest BCUT2D eigenvalue weighted by molar-refractivity contribution is -0.330. The van der Waals surface area contributed by atoms with Gasteiger partial charge >= 0.3 is 6.36 Å². The summed E-state index contributed by atoms with van der Waals surface area (Å²) in [5.74, 6) is 0. The Labute approximate surface area is 83.2 Å². The highest BCUT2D eigenvalue weighted by Gasteiger charge is 2.29. The number of hydrogen-bond acceptors (Lipinski definition) is 3. The summed E-state index contributed by atoms with van der Waals surface area (Å²) in [5.41, 5.74) is 0.301. The van der Waals surface area contributed by atoms with E-state index in [-0.39, 0.29) is 11.3 Å². The van der Waals surface area contributed by atoms with Crippen LogP contribution in [0.15, 0.2) is 29.3 Å². The molecule has 0 N–H and O–H groups in total. The maximum absolute atomic E-state index is 11.7. The van der Waals surface area contributed by atoms with Crippen LogP contribution in [0, 0.1) is 0 Å². The Morgan fingerprint density at radius 2 is 2.00 bits per heavy atom. The van der Waals surface area contributed by atoms with E-state index in [9.17, 15) is 18.0 Å². The third kappa shape index (κ3) is 3.93. The Morgan fingerprint density at radius 1 is 1.33 bits per heavy atom. The summed E-state index contributed by atoms with van der Waals surface area (Å²) in [5, 5.41) is 0. The van der Waals surface area contributed by atoms with Gasteiger partial charge in [-0.15, -0.1) is 13.2 Å². The monoisotopic (exact) mass is 217 g/mol. The van der Waals surface area contributed by atoms with Gasteiger partial charge in [-0.2, -0.15) is 4.99 Å². The van der Waals surface area contributed by atoms with Crippen LogP contribution < -0.4 is 0 Å². The Kier molecular flexibility index (Phi) is 3.60. The average Bonchev–Trinajstić information content (AvgIpc) is 2.16. The molecule has 0 bridgehead atoms. The molecule has 1 rings (SSSR count). The maximum Gasteiger partial charge on any atom is 0.522 e. The van der Waals surface area contributed by atoms with Crippen molar-refractivity contribution >= 4 is 11.8 Å². The molecule has 3 nitrogen and oxygen atoms in total. The second-order valence-electron chi connectivity index (χ2n) is 2.57. The summed E-state index contributed by atoms with van der Waals surface area (Å²) in [4.78, 5) is 13.2. The topological polar surface area (TPSA) is 38.7 Å². The zero-order chi connectivity index (χ0) is 11.3. The lowest BCUT2D eigenvalue weighted by atomic mass is 10.2. The van der Waals surface area contributed by atoms with Crippen LogP contribution in [-0.2, 0) is 16.1 Å². The van der Waals surface area contributed by atoms with Crippen molar-refractivity contribution in [2.45, 2.75) is 13.0 Å². The number of rotatable bonds is 3. The van der Waals surface area contributed by atoms with Gasteiger partial charge in [-0.25, -0.2) is 4.79 Å². The number of nitrogens with zero attached hydrogens (tertiary/aromatic N) is 1. The lowest BCUT2D eigenvalue weighted by Gasteiger charge is -2.08. The van der Waals surface area contributed by atoms with Crippen molar-refractivity contribution in [1.82, 2.24) is 0 Å². The van der Waals surface area contributed by atoms with Crippen molar-refractivity contribution in [3.05, 3.63) is 29.8 Å². The van der Waals surface area contributed by atoms with Crippen LogP contribution in [0.2, 0.25) is 0 Å². The predicted octanol–water partition coefficient (Wildman–Crippen LogP) is 2.69. The molecule has 0 atom stereocenters. The van der Waals surface area contributed by atoms with Gasteiger partial charge in [0.1, 0.15) is 0 Å². The molecule has 1 aromatic carbocycles. The van der Waals surface area contributed by atoms with Crippen LogP contribution in [0.25, 0.3) is 0 Å². The van der Waals surface area contributed by atoms with Crippen molar-refractivity contribution in [2.24, 2.45) is 4.99 Å². The normalized spacial score (nSPS) is 10.9. The molecule has 6 heteroatoms. The van der Waals surface area contributed by atoms with E-state index < -0.39 is 13.0 Å². The highest BCUT2D eigenvalue weighted by molar-refractivity contribution is 5.53. The summed E-state index contributed by atoms with van der Waals surface area (Å²) in [6, 6.07) is 5.87. The summed E-state index contributed by atoms with van der Waals surface area (Å²) >= 11 is 0. The number of para-hydroxylation sites is 1. The molecular weight excluding hydrogens is 211 g/mol. The van der Waals surface area contributed by atoms with Crippen LogP contribution in [-0.4, -0.2) is 12.4 Å². The van der Waals surface area contributed by atoms with E-state index in [0.29, 0.717) is 0 Å². The molecule has 0 unspecified atom stereocenters. The largest absolute Gasteiger partial charge is 0.522 e. The number of carbonyl (C=O) groups excluding carboxylic acids is 1. The molecule has 0 aliphatic heterocycles. The summed E-state index contributed by atoms with van der Waals surface area (Å²) < 4.78 is 38.8. The quantitative estimate of drug-likeness (QED) is 0.576. The highest BCUT2D eigenvalue weighted by atomic mass is 19.4. The van der Waals surface area contributed by atoms with Gasteiger partial charge in [0.05, 0.1) is 12.3 Å². The number of alkyl halides is 3. The molecule has 0 spiro atoms. The fraction of sp³-hybridized carbons (Fsp3) is 0.222. The second-order valence-corrected chi connectivity index (χ2v) is 2.57. The molecule has 0 aliphatic carbocycles. The van der Waals surface area contributed by atoms with Crippen molar-refractivity contribution < 1.29 is 22.7 Å². The van der Waals surface area contributed by atoms with Crippen LogP contribution in [0.1, 0.15) is 5.56 Å². The molecule has 0 heterocycles. The van der Waals surface area contributed by atoms with Gasteiger partial charge in [-0.05, 0) is 6.07 Å². The average molecular weight is 217 g/mol. The van der Waals surface area contributed by atoms with E-state index in [0.717, 1.165) is 0 Å². The molecule has 0 fully saturated rings. The molecular formula is C9H6F3NO2. The minimum Gasteiger partial charge on any atom is -0.287 e. The summed E-state index contributed by atoms with van der Waals surface area (Å²) in [6.45, 7) is -0.676. The van der Waals surface area contributed by atoms with E-state index in [1.165, 1.54) is 24.3 Å². The lowest BCUT2D eigenvalue weighted by Crippen LogP contribution is -2.12. The van der Waals surface area contributed by atoms with Crippen LogP contribution in [0.4, 0.5) is 18.9 Å². The molecule has 0 radical (unpaired) electrons. The van der Waals surface area contributed by atoms with Crippen LogP contribution >= 0.6 is 0 Å². The van der Waals surface area contributed by atoms with Crippen molar-refractivity contribution in [3.8, 4) is 0 Å². The molecule has 15 heavy (non-hydrogen) atoms. The summed E-state index contributed by atoms with van der Waals surface area (Å²) in [6.07, 6.45) is -3.44. The fourth-order valence-corrected chi connectivity index (χ4v) is 0.951. The van der Waals surface area contributed by atoms with Gasteiger partial charge in [0, 0.05) is 5.56 Å². The van der Waals surface area contributed by atoms with Crippen molar-refractivity contribution in [1.29, 1.82) is 0 Å². The minimum absolute atomic E-state index is 0.122. The number of aliphatic imine (C=N–C) groups is 1. The maximum atomic E-state index is 11.7. The first-order chi connectivity index (χ1) is 7.03. The first-order valence-corrected chi connectivity index (χ1v) is 3.89. The third-order valence-electron chi connectivity index (χ3n) is 1.55. The zero-order valence-electron chi connectivity index (χ0n) is 7.41. The standard InChI is InChI=1S/C9H6F3NO2/c10-9(11,12)15-5-7-3-1-2-4-8(7)13-6-14/h1-4H,5H2. The molecule has 0 saturated heterocycles. The Morgan fingerprint density at radius 3 is 2.60 bits per heavy atom. The molecule has 1 aromatic rings.